The third-order valence-electron chi connectivity index (χ3n) is 2.92. The van der Waals surface area contributed by atoms with Gasteiger partial charge in [0, 0.05) is 17.2 Å². The number of nitrogens with zero attached hydrogens (tertiary/aromatic N) is 2. The van der Waals surface area contributed by atoms with E-state index in [0.29, 0.717) is 10.6 Å². The van der Waals surface area contributed by atoms with Crippen molar-refractivity contribution in [2.24, 2.45) is 0 Å². The van der Waals surface area contributed by atoms with E-state index in [0.717, 1.165) is 18.2 Å². The van der Waals surface area contributed by atoms with Crippen LogP contribution in [0.1, 0.15) is 5.56 Å². The van der Waals surface area contributed by atoms with Crippen molar-refractivity contribution in [2.45, 2.75) is 0 Å². The number of nitro groups is 2. The maximum absolute atomic E-state index is 11.9. The number of non-ortho nitro benzene ring substituents is 1. The number of carbonyl (C=O) groups is 1. The predicted molar refractivity (Wildman–Crippen MR) is 88.9 cm³/mol. The number of rotatable bonds is 5. The van der Waals surface area contributed by atoms with Crippen LogP contribution in [0.4, 0.5) is 17.1 Å². The standard InChI is InChI=1S/C15H10ClN3O5/c16-11-3-1-2-10(8-11)4-7-15(20)17-13-6-5-12(18(21)22)9-14(13)19(23)24/h1-9H,(H,17,20). The van der Waals surface area contributed by atoms with Crippen molar-refractivity contribution in [3.8, 4) is 0 Å². The van der Waals surface area contributed by atoms with Crippen molar-refractivity contribution in [3.05, 3.63) is 79.4 Å². The van der Waals surface area contributed by atoms with Gasteiger partial charge in [-0.2, -0.15) is 0 Å². The van der Waals surface area contributed by atoms with Crippen molar-refractivity contribution in [1.29, 1.82) is 0 Å². The molecular weight excluding hydrogens is 338 g/mol. The molecule has 0 fully saturated rings. The Morgan fingerprint density at radius 3 is 2.46 bits per heavy atom. The van der Waals surface area contributed by atoms with Gasteiger partial charge in [0.1, 0.15) is 5.69 Å². The van der Waals surface area contributed by atoms with Gasteiger partial charge in [0.25, 0.3) is 11.4 Å². The Morgan fingerprint density at radius 1 is 1.08 bits per heavy atom. The fraction of sp³-hybridized carbons (Fsp3) is 0. The van der Waals surface area contributed by atoms with E-state index in [-0.39, 0.29) is 5.69 Å². The predicted octanol–water partition coefficient (Wildman–Crippen LogP) is 3.81. The lowest BCUT2D eigenvalue weighted by Gasteiger charge is -2.03. The van der Waals surface area contributed by atoms with Gasteiger partial charge in [0.05, 0.1) is 15.9 Å². The maximum Gasteiger partial charge on any atom is 0.299 e. The first kappa shape index (κ1) is 17.1. The summed E-state index contributed by atoms with van der Waals surface area (Å²) in [5.41, 5.74) is -0.454. The molecule has 0 spiro atoms. The van der Waals surface area contributed by atoms with Gasteiger partial charge in [0.2, 0.25) is 5.91 Å². The lowest BCUT2D eigenvalue weighted by molar-refractivity contribution is -0.393. The number of benzene rings is 2. The smallest absolute Gasteiger partial charge is 0.299 e. The quantitative estimate of drug-likeness (QED) is 0.501. The molecule has 0 aliphatic carbocycles. The lowest BCUT2D eigenvalue weighted by Crippen LogP contribution is -2.09. The highest BCUT2D eigenvalue weighted by atomic mass is 35.5. The van der Waals surface area contributed by atoms with Crippen LogP contribution in [0.3, 0.4) is 0 Å². The van der Waals surface area contributed by atoms with Crippen LogP contribution in [-0.2, 0) is 4.79 Å². The topological polar surface area (TPSA) is 115 Å². The minimum atomic E-state index is -0.802. The molecule has 8 nitrogen and oxygen atoms in total. The van der Waals surface area contributed by atoms with Crippen LogP contribution < -0.4 is 5.32 Å². The maximum atomic E-state index is 11.9. The van der Waals surface area contributed by atoms with Crippen LogP contribution in [0.25, 0.3) is 6.08 Å². The van der Waals surface area contributed by atoms with E-state index in [1.807, 2.05) is 0 Å². The molecule has 122 valence electrons. The van der Waals surface area contributed by atoms with E-state index in [4.69, 9.17) is 11.6 Å². The average molecular weight is 348 g/mol. The number of halogens is 1. The van der Waals surface area contributed by atoms with Gasteiger partial charge in [-0.3, -0.25) is 25.0 Å². The highest BCUT2D eigenvalue weighted by molar-refractivity contribution is 6.30. The second-order valence-electron chi connectivity index (χ2n) is 4.59. The molecule has 0 saturated carbocycles. The van der Waals surface area contributed by atoms with E-state index in [1.54, 1.807) is 24.3 Å². The molecule has 0 radical (unpaired) electrons. The van der Waals surface area contributed by atoms with Gasteiger partial charge in [-0.25, -0.2) is 0 Å². The first-order chi connectivity index (χ1) is 11.4. The Labute approximate surface area is 140 Å². The molecule has 9 heteroatoms. The number of nitro benzene ring substituents is 2. The van der Waals surface area contributed by atoms with Crippen molar-refractivity contribution >= 4 is 40.6 Å². The molecule has 0 unspecified atom stereocenters. The molecule has 0 aromatic heterocycles. The van der Waals surface area contributed by atoms with Crippen LogP contribution in [0.15, 0.2) is 48.5 Å². The molecular formula is C15H10ClN3O5. The molecule has 24 heavy (non-hydrogen) atoms. The molecule has 2 rings (SSSR count). The van der Waals surface area contributed by atoms with Crippen LogP contribution in [0.2, 0.25) is 5.02 Å². The van der Waals surface area contributed by atoms with E-state index in [2.05, 4.69) is 5.32 Å². The van der Waals surface area contributed by atoms with Crippen LogP contribution in [0.5, 0.6) is 0 Å². The highest BCUT2D eigenvalue weighted by Crippen LogP contribution is 2.28. The molecule has 0 aliphatic rings. The van der Waals surface area contributed by atoms with E-state index < -0.39 is 27.1 Å². The van der Waals surface area contributed by atoms with Crippen molar-refractivity contribution < 1.29 is 14.6 Å². The summed E-state index contributed by atoms with van der Waals surface area (Å²) in [6, 6.07) is 9.73. The zero-order valence-electron chi connectivity index (χ0n) is 12.0. The summed E-state index contributed by atoms with van der Waals surface area (Å²) >= 11 is 5.82. The number of hydrogen-bond donors (Lipinski definition) is 1. The van der Waals surface area contributed by atoms with Crippen molar-refractivity contribution in [1.82, 2.24) is 0 Å². The minimum absolute atomic E-state index is 0.133. The molecule has 0 bridgehead atoms. The summed E-state index contributed by atoms with van der Waals surface area (Å²) in [5, 5.41) is 24.5. The van der Waals surface area contributed by atoms with Gasteiger partial charge in [-0.15, -0.1) is 0 Å². The fourth-order valence-corrected chi connectivity index (χ4v) is 2.05. The van der Waals surface area contributed by atoms with E-state index in [9.17, 15) is 25.0 Å². The number of hydrogen-bond acceptors (Lipinski definition) is 5. The molecule has 2 aromatic carbocycles. The first-order valence-electron chi connectivity index (χ1n) is 6.54. The lowest BCUT2D eigenvalue weighted by atomic mass is 10.2. The molecule has 1 N–H and O–H groups in total. The van der Waals surface area contributed by atoms with Gasteiger partial charge < -0.3 is 5.32 Å². The zero-order valence-corrected chi connectivity index (χ0v) is 12.8. The first-order valence-corrected chi connectivity index (χ1v) is 6.92. The molecule has 1 amide bonds. The largest absolute Gasteiger partial charge is 0.317 e. The average Bonchev–Trinajstić information content (AvgIpc) is 2.53. The second kappa shape index (κ2) is 7.34. The number of carbonyl (C=O) groups excluding carboxylic acids is 1. The zero-order chi connectivity index (χ0) is 17.7. The summed E-state index contributed by atoms with van der Waals surface area (Å²) in [7, 11) is 0. The summed E-state index contributed by atoms with van der Waals surface area (Å²) in [6.07, 6.45) is 2.66. The molecule has 0 heterocycles. The summed E-state index contributed by atoms with van der Waals surface area (Å²) in [6.45, 7) is 0. The van der Waals surface area contributed by atoms with Crippen LogP contribution in [0, 0.1) is 20.2 Å². The molecule has 2 aromatic rings. The minimum Gasteiger partial charge on any atom is -0.317 e. The Balaban J connectivity index is 2.19. The molecule has 0 saturated heterocycles. The van der Waals surface area contributed by atoms with Crippen LogP contribution in [-0.4, -0.2) is 15.8 Å². The summed E-state index contributed by atoms with van der Waals surface area (Å²) in [5.74, 6) is -0.619. The van der Waals surface area contributed by atoms with Crippen LogP contribution >= 0.6 is 11.6 Å². The van der Waals surface area contributed by atoms with Crippen molar-refractivity contribution in [3.63, 3.8) is 0 Å². The van der Waals surface area contributed by atoms with Gasteiger partial charge in [-0.05, 0) is 29.8 Å². The monoisotopic (exact) mass is 347 g/mol. The Morgan fingerprint density at radius 2 is 1.83 bits per heavy atom. The van der Waals surface area contributed by atoms with E-state index >= 15 is 0 Å². The Bertz CT molecular complexity index is 851. The summed E-state index contributed by atoms with van der Waals surface area (Å²) < 4.78 is 0. The summed E-state index contributed by atoms with van der Waals surface area (Å²) in [4.78, 5) is 32.0. The Kier molecular flexibility index (Phi) is 5.23. The SMILES string of the molecule is O=C(C=Cc1cccc(Cl)c1)Nc1ccc([N+](=O)[O-])cc1[N+](=O)[O-]. The van der Waals surface area contributed by atoms with Crippen molar-refractivity contribution in [2.75, 3.05) is 5.32 Å². The highest BCUT2D eigenvalue weighted by Gasteiger charge is 2.20. The fourth-order valence-electron chi connectivity index (χ4n) is 1.85. The number of amides is 1. The van der Waals surface area contributed by atoms with Gasteiger partial charge >= 0.3 is 0 Å². The normalized spacial score (nSPS) is 10.5. The van der Waals surface area contributed by atoms with E-state index in [1.165, 1.54) is 12.2 Å². The van der Waals surface area contributed by atoms with Gasteiger partial charge in [-0.1, -0.05) is 23.7 Å². The molecule has 0 atom stereocenters. The number of nitrogens with one attached hydrogen (secondary N) is 1. The third kappa shape index (κ3) is 4.37. The van der Waals surface area contributed by atoms with Gasteiger partial charge in [0.15, 0.2) is 0 Å². The number of anilines is 1. The second-order valence-corrected chi connectivity index (χ2v) is 5.03. The Hall–Kier alpha value is -3.26. The molecule has 0 aliphatic heterocycles. The third-order valence-corrected chi connectivity index (χ3v) is 3.16.